The van der Waals surface area contributed by atoms with Gasteiger partial charge in [0.2, 0.25) is 0 Å². The molecule has 3 N–H and O–H groups in total. The van der Waals surface area contributed by atoms with E-state index >= 15 is 0 Å². The molecule has 0 heterocycles. The number of halogens is 1. The Hall–Kier alpha value is -2.60. The number of aliphatic hydroxyl groups is 1. The Kier molecular flexibility index (Phi) is 5.32. The molecule has 2 aromatic carbocycles. The van der Waals surface area contributed by atoms with Gasteiger partial charge in [-0.2, -0.15) is 0 Å². The fourth-order valence-electron chi connectivity index (χ4n) is 1.86. The quantitative estimate of drug-likeness (QED) is 0.794. The summed E-state index contributed by atoms with van der Waals surface area (Å²) in [5.41, 5.74) is 2.57. The summed E-state index contributed by atoms with van der Waals surface area (Å²) < 4.78 is 18.0. The van der Waals surface area contributed by atoms with Crippen molar-refractivity contribution in [1.29, 1.82) is 0 Å². The molecule has 0 aliphatic rings. The second-order valence-corrected chi connectivity index (χ2v) is 4.64. The van der Waals surface area contributed by atoms with Gasteiger partial charge >= 0.3 is 6.09 Å². The molecule has 0 unspecified atom stereocenters. The van der Waals surface area contributed by atoms with Crippen LogP contribution in [0.5, 0.6) is 0 Å². The van der Waals surface area contributed by atoms with E-state index in [4.69, 9.17) is 5.11 Å². The summed E-state index contributed by atoms with van der Waals surface area (Å²) in [7, 11) is 1.21. The van der Waals surface area contributed by atoms with Gasteiger partial charge in [-0.3, -0.25) is 5.32 Å². The van der Waals surface area contributed by atoms with E-state index in [0.29, 0.717) is 12.2 Å². The minimum absolute atomic E-state index is 0.00816. The minimum Gasteiger partial charge on any atom is -0.453 e. The van der Waals surface area contributed by atoms with Gasteiger partial charge in [0.15, 0.2) is 0 Å². The number of benzene rings is 2. The van der Waals surface area contributed by atoms with Gasteiger partial charge in [-0.05, 0) is 29.3 Å². The van der Waals surface area contributed by atoms with Crippen LogP contribution in [-0.4, -0.2) is 18.3 Å². The predicted molar refractivity (Wildman–Crippen MR) is 82.1 cm³/mol. The Bertz CT molecular complexity index is 644. The summed E-state index contributed by atoms with van der Waals surface area (Å²) in [5.74, 6) is -0.539. The van der Waals surface area contributed by atoms with E-state index in [9.17, 15) is 9.18 Å². The Morgan fingerprint density at radius 2 is 1.86 bits per heavy atom. The molecule has 0 aliphatic carbocycles. The SMILES string of the molecule is COC(=O)Nc1cc(NCc2ccc(CO)cc2)ccc1F. The van der Waals surface area contributed by atoms with Gasteiger partial charge in [0.25, 0.3) is 0 Å². The highest BCUT2D eigenvalue weighted by molar-refractivity contribution is 5.85. The lowest BCUT2D eigenvalue weighted by Crippen LogP contribution is -2.12. The molecule has 2 rings (SSSR count). The average Bonchev–Trinajstić information content (AvgIpc) is 2.55. The highest BCUT2D eigenvalue weighted by atomic mass is 19.1. The summed E-state index contributed by atoms with van der Waals surface area (Å²) in [6.45, 7) is 0.545. The Morgan fingerprint density at radius 1 is 1.18 bits per heavy atom. The number of ether oxygens (including phenoxy) is 1. The lowest BCUT2D eigenvalue weighted by atomic mass is 10.1. The van der Waals surface area contributed by atoms with Crippen molar-refractivity contribution in [3.05, 3.63) is 59.4 Å². The number of nitrogens with one attached hydrogen (secondary N) is 2. The molecule has 1 amide bonds. The maximum Gasteiger partial charge on any atom is 0.411 e. The zero-order valence-corrected chi connectivity index (χ0v) is 12.1. The zero-order chi connectivity index (χ0) is 15.9. The van der Waals surface area contributed by atoms with E-state index in [-0.39, 0.29) is 12.3 Å². The summed E-state index contributed by atoms with van der Waals surface area (Å²) in [5, 5.41) is 14.4. The maximum atomic E-state index is 13.6. The van der Waals surface area contributed by atoms with Crippen LogP contribution >= 0.6 is 0 Å². The fourth-order valence-corrected chi connectivity index (χ4v) is 1.86. The van der Waals surface area contributed by atoms with Crippen molar-refractivity contribution in [2.75, 3.05) is 17.7 Å². The monoisotopic (exact) mass is 304 g/mol. The van der Waals surface area contributed by atoms with Crippen LogP contribution in [0.2, 0.25) is 0 Å². The van der Waals surface area contributed by atoms with Gasteiger partial charge in [-0.1, -0.05) is 24.3 Å². The molecule has 116 valence electrons. The number of hydrogen-bond donors (Lipinski definition) is 3. The van der Waals surface area contributed by atoms with Crippen LogP contribution < -0.4 is 10.6 Å². The van der Waals surface area contributed by atoms with Crippen molar-refractivity contribution in [1.82, 2.24) is 0 Å². The van der Waals surface area contributed by atoms with Crippen LogP contribution in [0.25, 0.3) is 0 Å². The predicted octanol–water partition coefficient (Wildman–Crippen LogP) is 3.11. The number of anilines is 2. The first-order valence-electron chi connectivity index (χ1n) is 6.69. The molecule has 0 saturated heterocycles. The number of methoxy groups -OCH3 is 1. The highest BCUT2D eigenvalue weighted by Gasteiger charge is 2.07. The summed E-state index contributed by atoms with van der Waals surface area (Å²) in [6.07, 6.45) is -0.726. The smallest absolute Gasteiger partial charge is 0.411 e. The average molecular weight is 304 g/mol. The Labute approximate surface area is 127 Å². The molecule has 6 heteroatoms. The number of hydrogen-bond acceptors (Lipinski definition) is 4. The number of carbonyl (C=O) groups excluding carboxylic acids is 1. The molecule has 0 aliphatic heterocycles. The lowest BCUT2D eigenvalue weighted by Gasteiger charge is -2.10. The lowest BCUT2D eigenvalue weighted by molar-refractivity contribution is 0.187. The number of amides is 1. The normalized spacial score (nSPS) is 10.1. The Balaban J connectivity index is 2.02. The first kappa shape index (κ1) is 15.8. The molecule has 22 heavy (non-hydrogen) atoms. The van der Waals surface area contributed by atoms with Gasteiger partial charge in [-0.15, -0.1) is 0 Å². The van der Waals surface area contributed by atoms with Gasteiger partial charge in [0.05, 0.1) is 19.4 Å². The first-order valence-corrected chi connectivity index (χ1v) is 6.69. The van der Waals surface area contributed by atoms with Crippen LogP contribution in [-0.2, 0) is 17.9 Å². The molecule has 2 aromatic rings. The van der Waals surface area contributed by atoms with Crippen molar-refractivity contribution in [3.8, 4) is 0 Å². The first-order chi connectivity index (χ1) is 10.6. The van der Waals surface area contributed by atoms with Crippen molar-refractivity contribution >= 4 is 17.5 Å². The molecule has 0 bridgehead atoms. The molecule has 0 saturated carbocycles. The molecule has 0 spiro atoms. The molecule has 0 aromatic heterocycles. The van der Waals surface area contributed by atoms with Crippen LogP contribution in [0, 0.1) is 5.82 Å². The van der Waals surface area contributed by atoms with E-state index in [1.807, 2.05) is 24.3 Å². The van der Waals surface area contributed by atoms with Gasteiger partial charge in [0, 0.05) is 12.2 Å². The number of aliphatic hydroxyl groups excluding tert-OH is 1. The van der Waals surface area contributed by atoms with E-state index in [2.05, 4.69) is 15.4 Å². The largest absolute Gasteiger partial charge is 0.453 e. The molecular formula is C16H17FN2O3. The van der Waals surface area contributed by atoms with Crippen molar-refractivity contribution in [3.63, 3.8) is 0 Å². The second-order valence-electron chi connectivity index (χ2n) is 4.64. The topological polar surface area (TPSA) is 70.6 Å². The molecule has 0 fully saturated rings. The fraction of sp³-hybridized carbons (Fsp3) is 0.188. The van der Waals surface area contributed by atoms with Crippen molar-refractivity contribution < 1.29 is 19.0 Å². The molecule has 0 radical (unpaired) electrons. The van der Waals surface area contributed by atoms with E-state index < -0.39 is 11.9 Å². The van der Waals surface area contributed by atoms with Gasteiger partial charge in [0.1, 0.15) is 5.82 Å². The summed E-state index contributed by atoms with van der Waals surface area (Å²) in [6, 6.07) is 11.8. The molecule has 5 nitrogen and oxygen atoms in total. The van der Waals surface area contributed by atoms with Crippen LogP contribution in [0.1, 0.15) is 11.1 Å². The standard InChI is InChI=1S/C16H17FN2O3/c1-22-16(21)19-15-8-13(6-7-14(15)17)18-9-11-2-4-12(10-20)5-3-11/h2-8,18,20H,9-10H2,1H3,(H,19,21). The van der Waals surface area contributed by atoms with E-state index in [0.717, 1.165) is 11.1 Å². The van der Waals surface area contributed by atoms with E-state index in [1.54, 1.807) is 6.07 Å². The van der Waals surface area contributed by atoms with Gasteiger partial charge < -0.3 is 15.2 Å². The summed E-state index contributed by atoms with van der Waals surface area (Å²) >= 11 is 0. The van der Waals surface area contributed by atoms with Crippen LogP contribution in [0.3, 0.4) is 0 Å². The summed E-state index contributed by atoms with van der Waals surface area (Å²) in [4.78, 5) is 11.1. The second kappa shape index (κ2) is 7.42. The number of rotatable bonds is 5. The minimum atomic E-state index is -0.726. The van der Waals surface area contributed by atoms with Crippen LogP contribution in [0.4, 0.5) is 20.6 Å². The third-order valence-electron chi connectivity index (χ3n) is 3.09. The maximum absolute atomic E-state index is 13.6. The third kappa shape index (κ3) is 4.20. The molecular weight excluding hydrogens is 287 g/mol. The highest BCUT2D eigenvalue weighted by Crippen LogP contribution is 2.20. The number of carbonyl (C=O) groups is 1. The Morgan fingerprint density at radius 3 is 2.50 bits per heavy atom. The molecule has 0 atom stereocenters. The van der Waals surface area contributed by atoms with Gasteiger partial charge in [-0.25, -0.2) is 9.18 Å². The zero-order valence-electron chi connectivity index (χ0n) is 12.1. The van der Waals surface area contributed by atoms with Crippen molar-refractivity contribution in [2.45, 2.75) is 13.2 Å². The van der Waals surface area contributed by atoms with Crippen LogP contribution in [0.15, 0.2) is 42.5 Å². The third-order valence-corrected chi connectivity index (χ3v) is 3.09. The van der Waals surface area contributed by atoms with E-state index in [1.165, 1.54) is 19.2 Å². The van der Waals surface area contributed by atoms with Crippen molar-refractivity contribution in [2.24, 2.45) is 0 Å².